The Labute approximate surface area is 119 Å². The normalized spacial score (nSPS) is 24.0. The molecule has 2 aliphatic heterocycles. The molecule has 0 radical (unpaired) electrons. The SMILES string of the molecule is CC1CCN(c2nc(Cl)nc(N3CCCCC3)n2)C1. The largest absolute Gasteiger partial charge is 0.341 e. The maximum Gasteiger partial charge on any atom is 0.231 e. The zero-order valence-corrected chi connectivity index (χ0v) is 12.1. The summed E-state index contributed by atoms with van der Waals surface area (Å²) in [6.07, 6.45) is 4.91. The predicted molar refractivity (Wildman–Crippen MR) is 76.9 cm³/mol. The molecule has 2 aliphatic rings. The summed E-state index contributed by atoms with van der Waals surface area (Å²) in [5.74, 6) is 2.19. The smallest absolute Gasteiger partial charge is 0.231 e. The number of nitrogens with zero attached hydrogens (tertiary/aromatic N) is 5. The third kappa shape index (κ3) is 2.91. The molecule has 5 nitrogen and oxygen atoms in total. The molecular formula is C13H20ClN5. The number of halogens is 1. The molecule has 0 bridgehead atoms. The Morgan fingerprint density at radius 3 is 2.26 bits per heavy atom. The van der Waals surface area contributed by atoms with Crippen molar-refractivity contribution in [2.75, 3.05) is 36.0 Å². The summed E-state index contributed by atoms with van der Waals surface area (Å²) in [6.45, 7) is 6.33. The minimum atomic E-state index is 0.310. The predicted octanol–water partition coefficient (Wildman–Crippen LogP) is 2.36. The van der Waals surface area contributed by atoms with E-state index in [1.165, 1.54) is 25.7 Å². The van der Waals surface area contributed by atoms with E-state index in [1.807, 2.05) is 0 Å². The fourth-order valence-corrected chi connectivity index (χ4v) is 2.97. The van der Waals surface area contributed by atoms with E-state index < -0.39 is 0 Å². The molecule has 0 aliphatic carbocycles. The molecule has 19 heavy (non-hydrogen) atoms. The molecule has 3 rings (SSSR count). The van der Waals surface area contributed by atoms with E-state index >= 15 is 0 Å². The van der Waals surface area contributed by atoms with Crippen molar-refractivity contribution in [1.29, 1.82) is 0 Å². The second-order valence-corrected chi connectivity index (χ2v) is 5.93. The molecule has 6 heteroatoms. The summed E-state index contributed by atoms with van der Waals surface area (Å²) < 4.78 is 0. The van der Waals surface area contributed by atoms with E-state index in [0.717, 1.165) is 38.1 Å². The standard InChI is InChI=1S/C13H20ClN5/c1-10-5-8-19(9-10)13-16-11(14)15-12(17-13)18-6-3-2-4-7-18/h10H,2-9H2,1H3. The zero-order chi connectivity index (χ0) is 13.2. The highest BCUT2D eigenvalue weighted by atomic mass is 35.5. The van der Waals surface area contributed by atoms with Crippen molar-refractivity contribution in [2.24, 2.45) is 5.92 Å². The molecule has 2 fully saturated rings. The lowest BCUT2D eigenvalue weighted by atomic mass is 10.1. The number of rotatable bonds is 2. The molecule has 0 aromatic carbocycles. The van der Waals surface area contributed by atoms with Crippen LogP contribution in [0.15, 0.2) is 0 Å². The van der Waals surface area contributed by atoms with E-state index in [0.29, 0.717) is 11.2 Å². The Balaban J connectivity index is 1.83. The van der Waals surface area contributed by atoms with Crippen LogP contribution in [0.3, 0.4) is 0 Å². The van der Waals surface area contributed by atoms with E-state index in [1.54, 1.807) is 0 Å². The lowest BCUT2D eigenvalue weighted by Crippen LogP contribution is -2.32. The van der Waals surface area contributed by atoms with Crippen LogP contribution in [-0.2, 0) is 0 Å². The van der Waals surface area contributed by atoms with Crippen LogP contribution in [-0.4, -0.2) is 41.1 Å². The second-order valence-electron chi connectivity index (χ2n) is 5.59. The minimum Gasteiger partial charge on any atom is -0.341 e. The summed E-state index contributed by atoms with van der Waals surface area (Å²) in [6, 6.07) is 0. The van der Waals surface area contributed by atoms with Crippen LogP contribution >= 0.6 is 11.6 Å². The summed E-state index contributed by atoms with van der Waals surface area (Å²) in [4.78, 5) is 17.6. The second kappa shape index (κ2) is 5.49. The fourth-order valence-electron chi connectivity index (χ4n) is 2.82. The van der Waals surface area contributed by atoms with Crippen molar-refractivity contribution >= 4 is 23.5 Å². The maximum absolute atomic E-state index is 6.07. The van der Waals surface area contributed by atoms with Crippen LogP contribution in [0.2, 0.25) is 5.28 Å². The van der Waals surface area contributed by atoms with Crippen LogP contribution in [0.1, 0.15) is 32.6 Å². The van der Waals surface area contributed by atoms with Gasteiger partial charge >= 0.3 is 0 Å². The van der Waals surface area contributed by atoms with Gasteiger partial charge < -0.3 is 9.80 Å². The van der Waals surface area contributed by atoms with Gasteiger partial charge in [-0.05, 0) is 43.2 Å². The van der Waals surface area contributed by atoms with Crippen LogP contribution in [0.4, 0.5) is 11.9 Å². The number of hydrogen-bond donors (Lipinski definition) is 0. The first-order chi connectivity index (χ1) is 9.22. The third-order valence-electron chi connectivity index (χ3n) is 3.93. The Bertz CT molecular complexity index is 424. The molecule has 0 amide bonds. The molecule has 0 spiro atoms. The molecule has 1 unspecified atom stereocenters. The zero-order valence-electron chi connectivity index (χ0n) is 11.3. The lowest BCUT2D eigenvalue weighted by Gasteiger charge is -2.27. The Morgan fingerprint density at radius 2 is 1.63 bits per heavy atom. The Hall–Kier alpha value is -1.10. The number of hydrogen-bond acceptors (Lipinski definition) is 5. The third-order valence-corrected chi connectivity index (χ3v) is 4.10. The molecule has 2 saturated heterocycles. The van der Waals surface area contributed by atoms with Gasteiger partial charge in [-0.3, -0.25) is 0 Å². The van der Waals surface area contributed by atoms with Gasteiger partial charge in [-0.2, -0.15) is 15.0 Å². The van der Waals surface area contributed by atoms with Crippen molar-refractivity contribution in [2.45, 2.75) is 32.6 Å². The van der Waals surface area contributed by atoms with Crippen LogP contribution in [0.5, 0.6) is 0 Å². The van der Waals surface area contributed by atoms with Crippen molar-refractivity contribution in [3.63, 3.8) is 0 Å². The first-order valence-corrected chi connectivity index (χ1v) is 7.51. The molecule has 3 heterocycles. The quantitative estimate of drug-likeness (QED) is 0.833. The number of piperidine rings is 1. The van der Waals surface area contributed by atoms with Gasteiger partial charge in [0.15, 0.2) is 0 Å². The van der Waals surface area contributed by atoms with Gasteiger partial charge in [-0.25, -0.2) is 0 Å². The van der Waals surface area contributed by atoms with E-state index in [9.17, 15) is 0 Å². The van der Waals surface area contributed by atoms with Crippen LogP contribution < -0.4 is 9.80 Å². The molecule has 1 aromatic rings. The van der Waals surface area contributed by atoms with E-state index in [4.69, 9.17) is 11.6 Å². The molecule has 1 aromatic heterocycles. The summed E-state index contributed by atoms with van der Waals surface area (Å²) in [5.41, 5.74) is 0. The van der Waals surface area contributed by atoms with E-state index in [2.05, 4.69) is 31.7 Å². The Kier molecular flexibility index (Phi) is 3.73. The van der Waals surface area contributed by atoms with Gasteiger partial charge in [0, 0.05) is 26.2 Å². The van der Waals surface area contributed by atoms with Gasteiger partial charge in [0.25, 0.3) is 0 Å². The summed E-state index contributed by atoms with van der Waals surface area (Å²) in [7, 11) is 0. The lowest BCUT2D eigenvalue weighted by molar-refractivity contribution is 0.567. The molecular weight excluding hydrogens is 262 g/mol. The fraction of sp³-hybridized carbons (Fsp3) is 0.769. The van der Waals surface area contributed by atoms with Gasteiger partial charge in [0.2, 0.25) is 17.2 Å². The highest BCUT2D eigenvalue weighted by Crippen LogP contribution is 2.24. The molecule has 104 valence electrons. The van der Waals surface area contributed by atoms with Crippen LogP contribution in [0, 0.1) is 5.92 Å². The van der Waals surface area contributed by atoms with Crippen LogP contribution in [0.25, 0.3) is 0 Å². The number of anilines is 2. The Morgan fingerprint density at radius 1 is 0.947 bits per heavy atom. The minimum absolute atomic E-state index is 0.310. The average molecular weight is 282 g/mol. The van der Waals surface area contributed by atoms with Crippen molar-refractivity contribution in [1.82, 2.24) is 15.0 Å². The first kappa shape index (κ1) is 12.9. The van der Waals surface area contributed by atoms with Gasteiger partial charge in [0.1, 0.15) is 0 Å². The molecule has 1 atom stereocenters. The monoisotopic (exact) mass is 281 g/mol. The van der Waals surface area contributed by atoms with Gasteiger partial charge in [-0.15, -0.1) is 0 Å². The summed E-state index contributed by atoms with van der Waals surface area (Å²) >= 11 is 6.07. The van der Waals surface area contributed by atoms with Crippen molar-refractivity contribution in [3.8, 4) is 0 Å². The van der Waals surface area contributed by atoms with Crippen molar-refractivity contribution < 1.29 is 0 Å². The topological polar surface area (TPSA) is 45.2 Å². The highest BCUT2D eigenvalue weighted by molar-refractivity contribution is 6.28. The van der Waals surface area contributed by atoms with Gasteiger partial charge in [-0.1, -0.05) is 6.92 Å². The maximum atomic E-state index is 6.07. The first-order valence-electron chi connectivity index (χ1n) is 7.14. The molecule has 0 saturated carbocycles. The average Bonchev–Trinajstić information content (AvgIpc) is 2.86. The molecule has 0 N–H and O–H groups in total. The van der Waals surface area contributed by atoms with Crippen molar-refractivity contribution in [3.05, 3.63) is 5.28 Å². The highest BCUT2D eigenvalue weighted by Gasteiger charge is 2.23. The number of aromatic nitrogens is 3. The van der Waals surface area contributed by atoms with E-state index in [-0.39, 0.29) is 0 Å². The summed E-state index contributed by atoms with van der Waals surface area (Å²) in [5, 5.41) is 0.310. The van der Waals surface area contributed by atoms with Gasteiger partial charge in [0.05, 0.1) is 0 Å².